The first-order chi connectivity index (χ1) is 9.17. The zero-order valence-electron chi connectivity index (χ0n) is 12.3. The van der Waals surface area contributed by atoms with Crippen molar-refractivity contribution in [2.75, 3.05) is 0 Å². The summed E-state index contributed by atoms with van der Waals surface area (Å²) >= 11 is 0. The number of nitrogens with zero attached hydrogens (tertiary/aromatic N) is 2. The number of fused-ring (bicyclic) bond motifs is 2. The largest absolute Gasteiger partial charge is 0.327 e. The molecule has 5 atom stereocenters. The lowest BCUT2D eigenvalue weighted by Crippen LogP contribution is -2.35. The van der Waals surface area contributed by atoms with Gasteiger partial charge in [0.1, 0.15) is 0 Å². The topological polar surface area (TPSA) is 43.8 Å². The van der Waals surface area contributed by atoms with Crippen LogP contribution in [0.1, 0.15) is 57.7 Å². The molecule has 2 aliphatic rings. The second kappa shape index (κ2) is 5.28. The van der Waals surface area contributed by atoms with E-state index in [0.717, 1.165) is 30.6 Å². The fourth-order valence-electron chi connectivity index (χ4n) is 4.13. The van der Waals surface area contributed by atoms with Crippen molar-refractivity contribution < 1.29 is 0 Å². The van der Waals surface area contributed by atoms with Crippen LogP contribution >= 0.6 is 0 Å². The molecule has 0 aromatic carbocycles. The van der Waals surface area contributed by atoms with Gasteiger partial charge in [-0.3, -0.25) is 4.68 Å². The Morgan fingerprint density at radius 3 is 2.89 bits per heavy atom. The van der Waals surface area contributed by atoms with E-state index in [-0.39, 0.29) is 0 Å². The summed E-state index contributed by atoms with van der Waals surface area (Å²) in [6.07, 6.45) is 9.88. The molecule has 1 aromatic heterocycles. The van der Waals surface area contributed by atoms with Gasteiger partial charge in [-0.05, 0) is 56.4 Å². The van der Waals surface area contributed by atoms with E-state index in [0.29, 0.717) is 12.1 Å². The summed E-state index contributed by atoms with van der Waals surface area (Å²) in [5.41, 5.74) is 7.64. The molecule has 2 aliphatic carbocycles. The quantitative estimate of drug-likeness (QED) is 0.885. The predicted octanol–water partition coefficient (Wildman–Crippen LogP) is 3.16. The van der Waals surface area contributed by atoms with Crippen molar-refractivity contribution in [2.24, 2.45) is 23.5 Å². The summed E-state index contributed by atoms with van der Waals surface area (Å²) in [5.74, 6) is 2.66. The van der Waals surface area contributed by atoms with Crippen LogP contribution in [0.4, 0.5) is 0 Å². The van der Waals surface area contributed by atoms with E-state index in [4.69, 9.17) is 10.8 Å². The highest BCUT2D eigenvalue weighted by atomic mass is 15.3. The average Bonchev–Trinajstić information content (AvgIpc) is 3.13. The third-order valence-corrected chi connectivity index (χ3v) is 5.49. The molecule has 2 N–H and O–H groups in total. The lowest BCUT2D eigenvalue weighted by atomic mass is 9.82. The van der Waals surface area contributed by atoms with Crippen molar-refractivity contribution in [3.63, 3.8) is 0 Å². The van der Waals surface area contributed by atoms with E-state index in [9.17, 15) is 0 Å². The maximum Gasteiger partial charge on any atom is 0.0640 e. The molecule has 2 saturated carbocycles. The number of hydrogen-bond acceptors (Lipinski definition) is 2. The Hall–Kier alpha value is -0.830. The van der Waals surface area contributed by atoms with Gasteiger partial charge in [0.05, 0.1) is 5.69 Å². The number of rotatable bonds is 5. The molecule has 106 valence electrons. The summed E-state index contributed by atoms with van der Waals surface area (Å²) in [7, 11) is 0. The van der Waals surface area contributed by atoms with E-state index >= 15 is 0 Å². The zero-order valence-corrected chi connectivity index (χ0v) is 12.3. The molecular formula is C16H27N3. The first kappa shape index (κ1) is 13.2. The molecule has 0 radical (unpaired) electrons. The zero-order chi connectivity index (χ0) is 13.4. The molecule has 2 fully saturated rings. The minimum atomic E-state index is 0.315. The van der Waals surface area contributed by atoms with Crippen molar-refractivity contribution in [2.45, 2.75) is 64.5 Å². The van der Waals surface area contributed by atoms with Crippen LogP contribution in [0.3, 0.4) is 0 Å². The van der Waals surface area contributed by atoms with E-state index in [2.05, 4.69) is 30.8 Å². The minimum absolute atomic E-state index is 0.315. The number of aromatic nitrogens is 2. The Morgan fingerprint density at radius 2 is 2.26 bits per heavy atom. The van der Waals surface area contributed by atoms with Crippen LogP contribution in [0.2, 0.25) is 0 Å². The van der Waals surface area contributed by atoms with Crippen molar-refractivity contribution in [1.29, 1.82) is 0 Å². The second-order valence-electron chi connectivity index (χ2n) is 6.75. The fraction of sp³-hybridized carbons (Fsp3) is 0.812. The fourth-order valence-corrected chi connectivity index (χ4v) is 4.13. The smallest absolute Gasteiger partial charge is 0.0640 e. The molecule has 5 unspecified atom stereocenters. The van der Waals surface area contributed by atoms with Gasteiger partial charge in [-0.1, -0.05) is 13.3 Å². The third-order valence-electron chi connectivity index (χ3n) is 5.49. The van der Waals surface area contributed by atoms with Gasteiger partial charge in [-0.2, -0.15) is 5.10 Å². The monoisotopic (exact) mass is 261 g/mol. The average molecular weight is 261 g/mol. The summed E-state index contributed by atoms with van der Waals surface area (Å²) in [4.78, 5) is 0. The molecule has 19 heavy (non-hydrogen) atoms. The predicted molar refractivity (Wildman–Crippen MR) is 77.8 cm³/mol. The third kappa shape index (κ3) is 2.58. The highest BCUT2D eigenvalue weighted by molar-refractivity contribution is 5.05. The van der Waals surface area contributed by atoms with Crippen LogP contribution in [0.15, 0.2) is 12.3 Å². The molecule has 0 amide bonds. The van der Waals surface area contributed by atoms with Crippen LogP contribution in [0.5, 0.6) is 0 Å². The first-order valence-electron chi connectivity index (χ1n) is 7.97. The molecule has 0 aliphatic heterocycles. The Balaban J connectivity index is 1.60. The van der Waals surface area contributed by atoms with Gasteiger partial charge < -0.3 is 5.73 Å². The van der Waals surface area contributed by atoms with Gasteiger partial charge >= 0.3 is 0 Å². The SMILES string of the molecule is CCC(C)n1ccc(CC(N)C2CC3CCC2C3)n1. The van der Waals surface area contributed by atoms with Gasteiger partial charge in [0, 0.05) is 24.7 Å². The van der Waals surface area contributed by atoms with Crippen LogP contribution in [-0.2, 0) is 6.42 Å². The van der Waals surface area contributed by atoms with Crippen molar-refractivity contribution in [3.8, 4) is 0 Å². The second-order valence-corrected chi connectivity index (χ2v) is 6.75. The molecule has 1 aromatic rings. The number of nitrogens with two attached hydrogens (primary N) is 1. The lowest BCUT2D eigenvalue weighted by Gasteiger charge is -2.27. The Morgan fingerprint density at radius 1 is 1.42 bits per heavy atom. The Kier molecular flexibility index (Phi) is 3.66. The normalized spacial score (nSPS) is 32.7. The maximum absolute atomic E-state index is 6.47. The van der Waals surface area contributed by atoms with Crippen LogP contribution in [0, 0.1) is 17.8 Å². The molecule has 3 heteroatoms. The van der Waals surface area contributed by atoms with E-state index in [1.165, 1.54) is 31.4 Å². The Bertz CT molecular complexity index is 425. The molecule has 1 heterocycles. The van der Waals surface area contributed by atoms with Crippen LogP contribution in [-0.4, -0.2) is 15.8 Å². The number of hydrogen-bond donors (Lipinski definition) is 1. The molecule has 0 spiro atoms. The maximum atomic E-state index is 6.47. The molecular weight excluding hydrogens is 234 g/mol. The van der Waals surface area contributed by atoms with Crippen LogP contribution in [0.25, 0.3) is 0 Å². The van der Waals surface area contributed by atoms with Crippen LogP contribution < -0.4 is 5.73 Å². The standard InChI is InChI=1S/C16H27N3/c1-3-11(2)19-7-6-14(18-19)10-16(17)15-9-12-4-5-13(15)8-12/h6-7,11-13,15-16H,3-5,8-10,17H2,1-2H3. The lowest BCUT2D eigenvalue weighted by molar-refractivity contribution is 0.279. The molecule has 3 nitrogen and oxygen atoms in total. The van der Waals surface area contributed by atoms with Crippen molar-refractivity contribution >= 4 is 0 Å². The highest BCUT2D eigenvalue weighted by Gasteiger charge is 2.42. The van der Waals surface area contributed by atoms with Gasteiger partial charge in [0.15, 0.2) is 0 Å². The first-order valence-corrected chi connectivity index (χ1v) is 7.97. The van der Waals surface area contributed by atoms with Crippen molar-refractivity contribution in [1.82, 2.24) is 9.78 Å². The van der Waals surface area contributed by atoms with E-state index in [1.54, 1.807) is 0 Å². The van der Waals surface area contributed by atoms with Gasteiger partial charge in [-0.25, -0.2) is 0 Å². The van der Waals surface area contributed by atoms with Gasteiger partial charge in [-0.15, -0.1) is 0 Å². The molecule has 0 saturated heterocycles. The van der Waals surface area contributed by atoms with Gasteiger partial charge in [0.25, 0.3) is 0 Å². The highest BCUT2D eigenvalue weighted by Crippen LogP contribution is 2.49. The summed E-state index contributed by atoms with van der Waals surface area (Å²) in [6.45, 7) is 4.42. The van der Waals surface area contributed by atoms with Gasteiger partial charge in [0.2, 0.25) is 0 Å². The summed E-state index contributed by atoms with van der Waals surface area (Å²) in [6, 6.07) is 2.96. The summed E-state index contributed by atoms with van der Waals surface area (Å²) in [5, 5.41) is 4.69. The Labute approximate surface area is 116 Å². The minimum Gasteiger partial charge on any atom is -0.327 e. The van der Waals surface area contributed by atoms with E-state index in [1.807, 2.05) is 0 Å². The van der Waals surface area contributed by atoms with Crippen molar-refractivity contribution in [3.05, 3.63) is 18.0 Å². The summed E-state index contributed by atoms with van der Waals surface area (Å²) < 4.78 is 2.09. The molecule has 3 rings (SSSR count). The van der Waals surface area contributed by atoms with E-state index < -0.39 is 0 Å². The molecule has 2 bridgehead atoms.